The summed E-state index contributed by atoms with van der Waals surface area (Å²) in [5.74, 6) is -1.39. The molecule has 2 atom stereocenters. The largest absolute Gasteiger partial charge is 0.491 e. The molecule has 0 spiro atoms. The fraction of sp³-hybridized carbons (Fsp3) is 0.360. The average molecular weight is 522 g/mol. The number of aromatic nitrogens is 1. The summed E-state index contributed by atoms with van der Waals surface area (Å²) < 4.78 is 33.7. The van der Waals surface area contributed by atoms with Crippen molar-refractivity contribution in [3.63, 3.8) is 0 Å². The van der Waals surface area contributed by atoms with Crippen molar-refractivity contribution in [1.82, 2.24) is 9.88 Å². The molecule has 1 fully saturated rings. The monoisotopic (exact) mass is 521 g/mol. The Labute approximate surface area is 211 Å². The summed E-state index contributed by atoms with van der Waals surface area (Å²) in [5.41, 5.74) is 0.852. The van der Waals surface area contributed by atoms with E-state index in [4.69, 9.17) is 21.4 Å². The van der Waals surface area contributed by atoms with Crippen molar-refractivity contribution in [2.75, 3.05) is 31.1 Å². The standard InChI is InChI=1S/C25H26ClF2N3O3S/c1-15-13-30(25-29-12-23(35-25)19-11-18(27)4-6-21(19)28)14-16(2)31(15)7-8-34-22-9-17(10-24(32)33)3-5-20(22)26/h3-6,9,11-12,15-16H,7-8,10,13-14H2,1-2H3,(H,32,33)/t15-,16+. The number of carboxylic acids is 1. The molecular formula is C25H26ClF2N3O3S. The van der Waals surface area contributed by atoms with Gasteiger partial charge in [-0.2, -0.15) is 0 Å². The highest BCUT2D eigenvalue weighted by Crippen LogP contribution is 2.34. The third-order valence-electron chi connectivity index (χ3n) is 6.02. The normalized spacial score (nSPS) is 18.6. The van der Waals surface area contributed by atoms with E-state index in [2.05, 4.69) is 28.6 Å². The molecule has 2 heterocycles. The number of anilines is 1. The van der Waals surface area contributed by atoms with Crippen LogP contribution in [0, 0.1) is 11.6 Å². The van der Waals surface area contributed by atoms with Gasteiger partial charge in [-0.1, -0.05) is 29.0 Å². The molecule has 186 valence electrons. The minimum absolute atomic E-state index is 0.0894. The lowest BCUT2D eigenvalue weighted by Crippen LogP contribution is -2.57. The van der Waals surface area contributed by atoms with Crippen molar-refractivity contribution < 1.29 is 23.4 Å². The Morgan fingerprint density at radius 3 is 2.66 bits per heavy atom. The van der Waals surface area contributed by atoms with Gasteiger partial charge >= 0.3 is 5.97 Å². The molecule has 0 unspecified atom stereocenters. The Balaban J connectivity index is 1.36. The Hall–Kier alpha value is -2.75. The van der Waals surface area contributed by atoms with E-state index >= 15 is 0 Å². The van der Waals surface area contributed by atoms with E-state index in [1.165, 1.54) is 17.4 Å². The van der Waals surface area contributed by atoms with E-state index < -0.39 is 17.6 Å². The number of piperazine rings is 1. The topological polar surface area (TPSA) is 65.9 Å². The third kappa shape index (κ3) is 6.09. The molecule has 1 aliphatic rings. The highest BCUT2D eigenvalue weighted by molar-refractivity contribution is 7.18. The summed E-state index contributed by atoms with van der Waals surface area (Å²) in [5, 5.41) is 10.2. The highest BCUT2D eigenvalue weighted by atomic mass is 35.5. The molecule has 2 aromatic carbocycles. The van der Waals surface area contributed by atoms with Crippen LogP contribution in [0.2, 0.25) is 5.02 Å². The Bertz CT molecular complexity index is 1200. The first kappa shape index (κ1) is 25.3. The number of aliphatic carboxylic acids is 1. The molecule has 0 aliphatic carbocycles. The molecule has 1 N–H and O–H groups in total. The van der Waals surface area contributed by atoms with Gasteiger partial charge in [-0.3, -0.25) is 9.69 Å². The van der Waals surface area contributed by atoms with Crippen LogP contribution in [0.5, 0.6) is 5.75 Å². The minimum atomic E-state index is -0.910. The van der Waals surface area contributed by atoms with Crippen molar-refractivity contribution in [2.24, 2.45) is 0 Å². The predicted molar refractivity (Wildman–Crippen MR) is 134 cm³/mol. The second kappa shape index (κ2) is 10.9. The van der Waals surface area contributed by atoms with Crippen molar-refractivity contribution in [2.45, 2.75) is 32.4 Å². The van der Waals surface area contributed by atoms with Gasteiger partial charge in [0, 0.05) is 43.5 Å². The maximum absolute atomic E-state index is 14.2. The van der Waals surface area contributed by atoms with Crippen molar-refractivity contribution in [3.8, 4) is 16.2 Å². The number of thiazole rings is 1. The van der Waals surface area contributed by atoms with Gasteiger partial charge in [0.2, 0.25) is 0 Å². The summed E-state index contributed by atoms with van der Waals surface area (Å²) in [7, 11) is 0. The molecule has 35 heavy (non-hydrogen) atoms. The van der Waals surface area contributed by atoms with Crippen LogP contribution in [0.4, 0.5) is 13.9 Å². The fourth-order valence-corrected chi connectivity index (χ4v) is 5.50. The highest BCUT2D eigenvalue weighted by Gasteiger charge is 2.30. The van der Waals surface area contributed by atoms with Gasteiger partial charge in [0.25, 0.3) is 0 Å². The number of nitrogens with zero attached hydrogens (tertiary/aromatic N) is 3. The smallest absolute Gasteiger partial charge is 0.307 e. The molecule has 0 saturated carbocycles. The van der Waals surface area contributed by atoms with Crippen LogP contribution >= 0.6 is 22.9 Å². The lowest BCUT2D eigenvalue weighted by molar-refractivity contribution is -0.136. The molecule has 0 bridgehead atoms. The van der Waals surface area contributed by atoms with Gasteiger partial charge in [-0.25, -0.2) is 13.8 Å². The molecule has 0 amide bonds. The van der Waals surface area contributed by atoms with Crippen LogP contribution in [0.3, 0.4) is 0 Å². The second-order valence-corrected chi connectivity index (χ2v) is 10.1. The lowest BCUT2D eigenvalue weighted by atomic mass is 10.1. The van der Waals surface area contributed by atoms with Crippen LogP contribution < -0.4 is 9.64 Å². The first-order valence-electron chi connectivity index (χ1n) is 11.3. The number of ether oxygens (including phenoxy) is 1. The molecule has 1 aromatic heterocycles. The molecule has 10 heteroatoms. The van der Waals surface area contributed by atoms with Crippen LogP contribution in [-0.2, 0) is 11.2 Å². The third-order valence-corrected chi connectivity index (χ3v) is 7.42. The lowest BCUT2D eigenvalue weighted by Gasteiger charge is -2.44. The van der Waals surface area contributed by atoms with Gasteiger partial charge in [-0.05, 0) is 49.7 Å². The van der Waals surface area contributed by atoms with Gasteiger partial charge in [0.15, 0.2) is 5.13 Å². The number of hydrogen-bond acceptors (Lipinski definition) is 6. The van der Waals surface area contributed by atoms with E-state index in [1.54, 1.807) is 24.4 Å². The molecule has 0 radical (unpaired) electrons. The van der Waals surface area contributed by atoms with Crippen LogP contribution in [0.15, 0.2) is 42.6 Å². The molecule has 1 saturated heterocycles. The molecule has 6 nitrogen and oxygen atoms in total. The summed E-state index contributed by atoms with van der Waals surface area (Å²) in [6, 6.07) is 8.83. The predicted octanol–water partition coefficient (Wildman–Crippen LogP) is 5.35. The summed E-state index contributed by atoms with van der Waals surface area (Å²) in [4.78, 5) is 20.5. The number of halogens is 3. The number of hydrogen-bond donors (Lipinski definition) is 1. The van der Waals surface area contributed by atoms with E-state index in [1.807, 2.05) is 0 Å². The second-order valence-electron chi connectivity index (χ2n) is 8.66. The van der Waals surface area contributed by atoms with Crippen molar-refractivity contribution >= 4 is 34.0 Å². The average Bonchev–Trinajstić information content (AvgIpc) is 3.29. The zero-order valence-electron chi connectivity index (χ0n) is 19.4. The van der Waals surface area contributed by atoms with Crippen LogP contribution in [0.25, 0.3) is 10.4 Å². The number of benzene rings is 2. The Morgan fingerprint density at radius 2 is 1.94 bits per heavy atom. The summed E-state index contributed by atoms with van der Waals surface area (Å²) in [6.07, 6.45) is 1.50. The Morgan fingerprint density at radius 1 is 1.20 bits per heavy atom. The van der Waals surface area contributed by atoms with Crippen LogP contribution in [0.1, 0.15) is 19.4 Å². The fourth-order valence-electron chi connectivity index (χ4n) is 4.38. The zero-order valence-corrected chi connectivity index (χ0v) is 21.0. The maximum atomic E-state index is 14.2. The quantitative estimate of drug-likeness (QED) is 0.431. The van der Waals surface area contributed by atoms with E-state index in [9.17, 15) is 13.6 Å². The van der Waals surface area contributed by atoms with Crippen LogP contribution in [-0.4, -0.2) is 59.3 Å². The molecule has 3 aromatic rings. The SMILES string of the molecule is C[C@@H]1CN(c2ncc(-c3cc(F)ccc3F)s2)C[C@H](C)N1CCOc1cc(CC(=O)O)ccc1Cl. The molecular weight excluding hydrogens is 496 g/mol. The van der Waals surface area contributed by atoms with E-state index in [0.717, 1.165) is 30.4 Å². The van der Waals surface area contributed by atoms with Crippen molar-refractivity contribution in [3.05, 3.63) is 64.8 Å². The summed E-state index contributed by atoms with van der Waals surface area (Å²) >= 11 is 7.57. The Kier molecular flexibility index (Phi) is 7.88. The first-order chi connectivity index (χ1) is 16.7. The van der Waals surface area contributed by atoms with Gasteiger partial charge in [-0.15, -0.1) is 0 Å². The van der Waals surface area contributed by atoms with Crippen molar-refractivity contribution in [1.29, 1.82) is 0 Å². The minimum Gasteiger partial charge on any atom is -0.491 e. The van der Waals surface area contributed by atoms with Gasteiger partial charge < -0.3 is 14.7 Å². The first-order valence-corrected chi connectivity index (χ1v) is 12.5. The molecule has 4 rings (SSSR count). The van der Waals surface area contributed by atoms with Gasteiger partial charge in [0.1, 0.15) is 24.0 Å². The number of rotatable bonds is 8. The van der Waals surface area contributed by atoms with Gasteiger partial charge in [0.05, 0.1) is 16.3 Å². The van der Waals surface area contributed by atoms with E-state index in [0.29, 0.717) is 34.4 Å². The molecule has 1 aliphatic heterocycles. The number of carbonyl (C=O) groups is 1. The maximum Gasteiger partial charge on any atom is 0.307 e. The zero-order chi connectivity index (χ0) is 25.1. The summed E-state index contributed by atoms with van der Waals surface area (Å²) in [6.45, 7) is 6.81. The van der Waals surface area contributed by atoms with E-state index in [-0.39, 0.29) is 24.1 Å². The number of carboxylic acid groups (broad SMARTS) is 1.